The Morgan fingerprint density at radius 3 is 2.20 bits per heavy atom. The lowest BCUT2D eigenvalue weighted by atomic mass is 10.2. The Bertz CT molecular complexity index is 739. The molecule has 0 unspecified atom stereocenters. The number of nitrogens with zero attached hydrogens (tertiary/aromatic N) is 1. The smallest absolute Gasteiger partial charge is 0.308 e. The van der Waals surface area contributed by atoms with Crippen molar-refractivity contribution in [2.24, 2.45) is 5.10 Å². The van der Waals surface area contributed by atoms with Gasteiger partial charge in [0.15, 0.2) is 6.61 Å². The third-order valence-electron chi connectivity index (χ3n) is 2.97. The van der Waals surface area contributed by atoms with E-state index in [4.69, 9.17) is 14.2 Å². The Kier molecular flexibility index (Phi) is 6.53. The van der Waals surface area contributed by atoms with E-state index in [1.54, 1.807) is 55.6 Å². The van der Waals surface area contributed by atoms with E-state index in [1.165, 1.54) is 13.1 Å². The standard InChI is InChI=1S/C18H18N2O5/c1-13(21)25-17-5-3-14(4-6-17)11-19-20-18(22)12-24-16-9-7-15(23-2)8-10-16/h3-11H,12H2,1-2H3,(H,20,22)/b19-11-. The van der Waals surface area contributed by atoms with Gasteiger partial charge in [-0.2, -0.15) is 5.10 Å². The summed E-state index contributed by atoms with van der Waals surface area (Å²) in [4.78, 5) is 22.5. The fourth-order valence-electron chi connectivity index (χ4n) is 1.82. The molecule has 0 radical (unpaired) electrons. The van der Waals surface area contributed by atoms with Crippen LogP contribution in [0, 0.1) is 0 Å². The molecule has 0 saturated carbocycles. The molecule has 0 heterocycles. The van der Waals surface area contributed by atoms with Gasteiger partial charge >= 0.3 is 5.97 Å². The second kappa shape index (κ2) is 9.07. The topological polar surface area (TPSA) is 86.2 Å². The van der Waals surface area contributed by atoms with E-state index in [1.807, 2.05) is 0 Å². The summed E-state index contributed by atoms with van der Waals surface area (Å²) in [5.41, 5.74) is 3.11. The Balaban J connectivity index is 1.76. The summed E-state index contributed by atoms with van der Waals surface area (Å²) >= 11 is 0. The third-order valence-corrected chi connectivity index (χ3v) is 2.97. The minimum absolute atomic E-state index is 0.158. The normalized spacial score (nSPS) is 10.3. The van der Waals surface area contributed by atoms with Crippen molar-refractivity contribution in [3.8, 4) is 17.2 Å². The van der Waals surface area contributed by atoms with Gasteiger partial charge in [-0.25, -0.2) is 5.43 Å². The molecule has 2 rings (SSSR count). The van der Waals surface area contributed by atoms with Gasteiger partial charge in [-0.3, -0.25) is 9.59 Å². The zero-order valence-corrected chi connectivity index (χ0v) is 13.9. The van der Waals surface area contributed by atoms with Crippen LogP contribution in [-0.2, 0) is 9.59 Å². The van der Waals surface area contributed by atoms with Crippen LogP contribution in [-0.4, -0.2) is 31.8 Å². The van der Waals surface area contributed by atoms with Crippen molar-refractivity contribution in [3.05, 3.63) is 54.1 Å². The first-order valence-electron chi connectivity index (χ1n) is 7.44. The van der Waals surface area contributed by atoms with Crippen molar-refractivity contribution in [2.75, 3.05) is 13.7 Å². The van der Waals surface area contributed by atoms with Crippen LogP contribution in [0.15, 0.2) is 53.6 Å². The van der Waals surface area contributed by atoms with E-state index in [2.05, 4.69) is 10.5 Å². The molecule has 7 heteroatoms. The minimum atomic E-state index is -0.386. The number of nitrogens with one attached hydrogen (secondary N) is 1. The van der Waals surface area contributed by atoms with Gasteiger partial charge in [0.2, 0.25) is 0 Å². The van der Waals surface area contributed by atoms with Gasteiger partial charge in [0.05, 0.1) is 13.3 Å². The van der Waals surface area contributed by atoms with Gasteiger partial charge in [-0.05, 0) is 54.1 Å². The van der Waals surface area contributed by atoms with Crippen LogP contribution in [0.3, 0.4) is 0 Å². The van der Waals surface area contributed by atoms with Crippen LogP contribution in [0.5, 0.6) is 17.2 Å². The third kappa shape index (κ3) is 6.34. The number of hydrogen-bond donors (Lipinski definition) is 1. The maximum absolute atomic E-state index is 11.7. The fourth-order valence-corrected chi connectivity index (χ4v) is 1.82. The van der Waals surface area contributed by atoms with Crippen LogP contribution < -0.4 is 19.6 Å². The number of carbonyl (C=O) groups is 2. The van der Waals surface area contributed by atoms with E-state index in [9.17, 15) is 9.59 Å². The first kappa shape index (κ1) is 18.0. The molecule has 1 amide bonds. The minimum Gasteiger partial charge on any atom is -0.497 e. The average molecular weight is 342 g/mol. The highest BCUT2D eigenvalue weighted by Crippen LogP contribution is 2.16. The van der Waals surface area contributed by atoms with E-state index in [-0.39, 0.29) is 18.5 Å². The zero-order valence-electron chi connectivity index (χ0n) is 13.9. The maximum Gasteiger partial charge on any atom is 0.308 e. The Morgan fingerprint density at radius 2 is 1.60 bits per heavy atom. The number of methoxy groups -OCH3 is 1. The highest BCUT2D eigenvalue weighted by Gasteiger charge is 2.02. The van der Waals surface area contributed by atoms with Gasteiger partial charge in [0.25, 0.3) is 5.91 Å². The summed E-state index contributed by atoms with van der Waals surface area (Å²) in [5.74, 6) is 0.942. The molecule has 2 aromatic carbocycles. The Hall–Kier alpha value is -3.35. The summed E-state index contributed by atoms with van der Waals surface area (Å²) in [6.07, 6.45) is 1.48. The number of benzene rings is 2. The van der Waals surface area contributed by atoms with Crippen LogP contribution in [0.1, 0.15) is 12.5 Å². The molecule has 0 aromatic heterocycles. The van der Waals surface area contributed by atoms with Gasteiger partial charge < -0.3 is 14.2 Å². The molecular formula is C18H18N2O5. The van der Waals surface area contributed by atoms with E-state index >= 15 is 0 Å². The van der Waals surface area contributed by atoms with Gasteiger partial charge in [0.1, 0.15) is 17.2 Å². The van der Waals surface area contributed by atoms with Crippen molar-refractivity contribution in [3.63, 3.8) is 0 Å². The number of rotatable bonds is 7. The van der Waals surface area contributed by atoms with Crippen LogP contribution in [0.4, 0.5) is 0 Å². The molecule has 25 heavy (non-hydrogen) atoms. The molecular weight excluding hydrogens is 324 g/mol. The summed E-state index contributed by atoms with van der Waals surface area (Å²) < 4.78 is 15.3. The first-order valence-corrected chi connectivity index (χ1v) is 7.44. The molecule has 0 saturated heterocycles. The van der Waals surface area contributed by atoms with E-state index in [0.29, 0.717) is 17.2 Å². The highest BCUT2D eigenvalue weighted by atomic mass is 16.5. The van der Waals surface area contributed by atoms with Crippen LogP contribution >= 0.6 is 0 Å². The van der Waals surface area contributed by atoms with Crippen molar-refractivity contribution < 1.29 is 23.8 Å². The lowest BCUT2D eigenvalue weighted by molar-refractivity contribution is -0.131. The molecule has 0 spiro atoms. The van der Waals surface area contributed by atoms with Crippen LogP contribution in [0.25, 0.3) is 0 Å². The first-order chi connectivity index (χ1) is 12.1. The SMILES string of the molecule is COc1ccc(OCC(=O)N/N=C\c2ccc(OC(C)=O)cc2)cc1. The monoisotopic (exact) mass is 342 g/mol. The number of amides is 1. The Labute approximate surface area is 145 Å². The predicted molar refractivity (Wildman–Crippen MR) is 92.0 cm³/mol. The molecule has 1 N–H and O–H groups in total. The van der Waals surface area contributed by atoms with Crippen LogP contribution in [0.2, 0.25) is 0 Å². The van der Waals surface area contributed by atoms with E-state index < -0.39 is 0 Å². The molecule has 0 aliphatic rings. The number of esters is 1. The molecule has 0 atom stereocenters. The largest absolute Gasteiger partial charge is 0.497 e. The second-order valence-electron chi connectivity index (χ2n) is 4.92. The molecule has 0 fully saturated rings. The number of carbonyl (C=O) groups excluding carboxylic acids is 2. The fraction of sp³-hybridized carbons (Fsp3) is 0.167. The predicted octanol–water partition coefficient (Wildman–Crippen LogP) is 2.15. The average Bonchev–Trinajstić information content (AvgIpc) is 2.61. The van der Waals surface area contributed by atoms with Crippen molar-refractivity contribution in [1.82, 2.24) is 5.43 Å². The van der Waals surface area contributed by atoms with Gasteiger partial charge in [0, 0.05) is 6.92 Å². The molecule has 0 aliphatic heterocycles. The summed E-state index contributed by atoms with van der Waals surface area (Å²) in [5, 5.41) is 3.84. The quantitative estimate of drug-likeness (QED) is 0.361. The van der Waals surface area contributed by atoms with Crippen molar-refractivity contribution in [1.29, 1.82) is 0 Å². The summed E-state index contributed by atoms with van der Waals surface area (Å²) in [6.45, 7) is 1.17. The lowest BCUT2D eigenvalue weighted by Crippen LogP contribution is -2.24. The lowest BCUT2D eigenvalue weighted by Gasteiger charge is -2.06. The van der Waals surface area contributed by atoms with Gasteiger partial charge in [-0.1, -0.05) is 0 Å². The van der Waals surface area contributed by atoms with Crippen molar-refractivity contribution in [2.45, 2.75) is 6.92 Å². The summed E-state index contributed by atoms with van der Waals surface area (Å²) in [6, 6.07) is 13.6. The number of hydrazone groups is 1. The molecule has 130 valence electrons. The number of ether oxygens (including phenoxy) is 3. The summed E-state index contributed by atoms with van der Waals surface area (Å²) in [7, 11) is 1.57. The van der Waals surface area contributed by atoms with E-state index in [0.717, 1.165) is 5.56 Å². The Morgan fingerprint density at radius 1 is 1.00 bits per heavy atom. The molecule has 0 aliphatic carbocycles. The van der Waals surface area contributed by atoms with Crippen molar-refractivity contribution >= 4 is 18.1 Å². The highest BCUT2D eigenvalue weighted by molar-refractivity contribution is 5.83. The molecule has 0 bridgehead atoms. The second-order valence-corrected chi connectivity index (χ2v) is 4.92. The molecule has 2 aromatic rings. The zero-order chi connectivity index (χ0) is 18.1. The molecule has 7 nitrogen and oxygen atoms in total. The number of hydrogen-bond acceptors (Lipinski definition) is 6. The maximum atomic E-state index is 11.7. The van der Waals surface area contributed by atoms with Gasteiger partial charge in [-0.15, -0.1) is 0 Å².